The van der Waals surface area contributed by atoms with Crippen molar-refractivity contribution in [2.24, 2.45) is 0 Å². The zero-order valence-corrected chi connectivity index (χ0v) is 14.1. The molecule has 1 aromatic heterocycles. The van der Waals surface area contributed by atoms with Gasteiger partial charge in [0.1, 0.15) is 5.82 Å². The molecule has 0 atom stereocenters. The monoisotopic (exact) mass is 353 g/mol. The van der Waals surface area contributed by atoms with Crippen LogP contribution in [0.2, 0.25) is 0 Å². The van der Waals surface area contributed by atoms with E-state index in [-0.39, 0.29) is 5.82 Å². The number of amides is 1. The maximum atomic E-state index is 14.1. The van der Waals surface area contributed by atoms with Crippen LogP contribution in [-0.2, 0) is 17.8 Å². The van der Waals surface area contributed by atoms with Crippen LogP contribution in [0, 0.1) is 5.82 Å². The van der Waals surface area contributed by atoms with Crippen LogP contribution in [0.3, 0.4) is 0 Å². The number of carbonyl (C=O) groups excluding carboxylic acids is 1. The molecule has 6 heteroatoms. The first-order valence-corrected chi connectivity index (χ1v) is 8.33. The molecule has 0 saturated carbocycles. The molecular formula is C20H20FN3O2. The molecule has 0 spiro atoms. The Balaban J connectivity index is 1.51. The molecule has 0 aliphatic heterocycles. The Morgan fingerprint density at radius 2 is 2.08 bits per heavy atom. The summed E-state index contributed by atoms with van der Waals surface area (Å²) in [5, 5.41) is 12.9. The van der Waals surface area contributed by atoms with Gasteiger partial charge in [-0.25, -0.2) is 9.87 Å². The summed E-state index contributed by atoms with van der Waals surface area (Å²) in [4.78, 5) is 14.1. The average molecular weight is 353 g/mol. The van der Waals surface area contributed by atoms with Crippen LogP contribution in [0.15, 0.2) is 54.7 Å². The van der Waals surface area contributed by atoms with E-state index in [0.717, 1.165) is 24.6 Å². The molecule has 3 rings (SSSR count). The van der Waals surface area contributed by atoms with E-state index in [1.54, 1.807) is 12.1 Å². The van der Waals surface area contributed by atoms with Gasteiger partial charge in [-0.05, 0) is 53.8 Å². The molecule has 0 aliphatic rings. The van der Waals surface area contributed by atoms with Gasteiger partial charge in [0.25, 0.3) is 5.91 Å². The van der Waals surface area contributed by atoms with Crippen LogP contribution in [-0.4, -0.2) is 22.6 Å². The highest BCUT2D eigenvalue weighted by atomic mass is 19.1. The van der Waals surface area contributed by atoms with Gasteiger partial charge >= 0.3 is 0 Å². The van der Waals surface area contributed by atoms with Crippen molar-refractivity contribution in [3.8, 4) is 0 Å². The van der Waals surface area contributed by atoms with Crippen molar-refractivity contribution in [3.05, 3.63) is 77.2 Å². The minimum Gasteiger partial charge on any atom is -0.361 e. The number of carbonyl (C=O) groups is 1. The van der Waals surface area contributed by atoms with Gasteiger partial charge in [-0.15, -0.1) is 0 Å². The number of aromatic nitrogens is 1. The highest BCUT2D eigenvalue weighted by Gasteiger charge is 2.03. The number of nitrogens with one attached hydrogen (secondary N) is 3. The summed E-state index contributed by atoms with van der Waals surface area (Å²) in [6, 6.07) is 13.1. The molecule has 0 bridgehead atoms. The van der Waals surface area contributed by atoms with Crippen molar-refractivity contribution in [1.82, 2.24) is 15.8 Å². The second-order valence-corrected chi connectivity index (χ2v) is 5.99. The van der Waals surface area contributed by atoms with Gasteiger partial charge in [0, 0.05) is 29.9 Å². The topological polar surface area (TPSA) is 77.2 Å². The molecule has 1 amide bonds. The van der Waals surface area contributed by atoms with Crippen molar-refractivity contribution in [2.75, 3.05) is 6.54 Å². The van der Waals surface area contributed by atoms with Gasteiger partial charge in [0.15, 0.2) is 0 Å². The largest absolute Gasteiger partial charge is 0.361 e. The van der Waals surface area contributed by atoms with Crippen molar-refractivity contribution in [2.45, 2.75) is 13.0 Å². The van der Waals surface area contributed by atoms with Crippen LogP contribution in [0.4, 0.5) is 4.39 Å². The van der Waals surface area contributed by atoms with E-state index < -0.39 is 5.91 Å². The summed E-state index contributed by atoms with van der Waals surface area (Å²) in [6.45, 7) is 1.17. The molecule has 4 N–H and O–H groups in total. The molecule has 2 aromatic carbocycles. The second kappa shape index (κ2) is 8.42. The van der Waals surface area contributed by atoms with Crippen molar-refractivity contribution >= 4 is 22.9 Å². The predicted octanol–water partition coefficient (Wildman–Crippen LogP) is 3.16. The standard InChI is InChI=1S/C20H20FN3O2/c21-18-11-14(3-6-20(25)24-26)2-5-17(18)13-22-9-7-15-1-4-16-8-10-23-19(16)12-15/h1-6,8,10-12,22-23,26H,7,9,13H2,(H,24,25)/b6-3+. The quantitative estimate of drug-likeness (QED) is 0.228. The van der Waals surface area contributed by atoms with E-state index in [4.69, 9.17) is 5.21 Å². The van der Waals surface area contributed by atoms with E-state index in [9.17, 15) is 9.18 Å². The lowest BCUT2D eigenvalue weighted by Gasteiger charge is -2.07. The van der Waals surface area contributed by atoms with Gasteiger partial charge in [0.2, 0.25) is 0 Å². The van der Waals surface area contributed by atoms with Gasteiger partial charge in [-0.2, -0.15) is 0 Å². The fourth-order valence-electron chi connectivity index (χ4n) is 2.73. The lowest BCUT2D eigenvalue weighted by Crippen LogP contribution is -2.17. The summed E-state index contributed by atoms with van der Waals surface area (Å²) in [7, 11) is 0. The van der Waals surface area contributed by atoms with Gasteiger partial charge in [0.05, 0.1) is 0 Å². The number of H-pyrrole nitrogens is 1. The third kappa shape index (κ3) is 4.56. The Labute approximate surface area is 150 Å². The van der Waals surface area contributed by atoms with Crippen LogP contribution >= 0.6 is 0 Å². The van der Waals surface area contributed by atoms with Crippen LogP contribution < -0.4 is 10.8 Å². The Hall–Kier alpha value is -2.96. The number of hydrogen-bond acceptors (Lipinski definition) is 3. The minimum absolute atomic E-state index is 0.336. The van der Waals surface area contributed by atoms with E-state index in [1.807, 2.05) is 12.3 Å². The lowest BCUT2D eigenvalue weighted by atomic mass is 10.1. The van der Waals surface area contributed by atoms with E-state index in [0.29, 0.717) is 17.7 Å². The molecule has 5 nitrogen and oxygen atoms in total. The maximum Gasteiger partial charge on any atom is 0.267 e. The van der Waals surface area contributed by atoms with Crippen molar-refractivity contribution in [1.29, 1.82) is 0 Å². The number of rotatable bonds is 7. The lowest BCUT2D eigenvalue weighted by molar-refractivity contribution is -0.124. The minimum atomic E-state index is -0.659. The fourth-order valence-corrected chi connectivity index (χ4v) is 2.73. The zero-order chi connectivity index (χ0) is 18.4. The van der Waals surface area contributed by atoms with Gasteiger partial charge < -0.3 is 10.3 Å². The number of benzene rings is 2. The van der Waals surface area contributed by atoms with Gasteiger partial charge in [-0.1, -0.05) is 24.3 Å². The third-order valence-corrected chi connectivity index (χ3v) is 4.14. The highest BCUT2D eigenvalue weighted by molar-refractivity contribution is 5.90. The predicted molar refractivity (Wildman–Crippen MR) is 99.1 cm³/mol. The van der Waals surface area contributed by atoms with E-state index in [2.05, 4.69) is 28.5 Å². The van der Waals surface area contributed by atoms with Crippen LogP contribution in [0.5, 0.6) is 0 Å². The first-order chi connectivity index (χ1) is 12.7. The Morgan fingerprint density at radius 1 is 1.19 bits per heavy atom. The Bertz CT molecular complexity index is 934. The Kier molecular flexibility index (Phi) is 5.78. The van der Waals surface area contributed by atoms with Gasteiger partial charge in [-0.3, -0.25) is 10.0 Å². The Morgan fingerprint density at radius 3 is 2.88 bits per heavy atom. The summed E-state index contributed by atoms with van der Waals surface area (Å²) in [5.74, 6) is -0.995. The molecule has 134 valence electrons. The summed E-state index contributed by atoms with van der Waals surface area (Å²) in [5.41, 5.74) is 4.94. The molecule has 26 heavy (non-hydrogen) atoms. The zero-order valence-electron chi connectivity index (χ0n) is 14.1. The smallest absolute Gasteiger partial charge is 0.267 e. The fraction of sp³-hybridized carbons (Fsp3) is 0.150. The summed E-state index contributed by atoms with van der Waals surface area (Å²) in [6.07, 6.45) is 5.34. The number of aromatic amines is 1. The highest BCUT2D eigenvalue weighted by Crippen LogP contribution is 2.15. The molecule has 0 unspecified atom stereocenters. The summed E-state index contributed by atoms with van der Waals surface area (Å²) < 4.78 is 14.1. The molecule has 3 aromatic rings. The SMILES string of the molecule is O=C(/C=C/c1ccc(CNCCc2ccc3cc[nH]c3c2)c(F)c1)NO. The van der Waals surface area contributed by atoms with E-state index >= 15 is 0 Å². The first-order valence-electron chi connectivity index (χ1n) is 8.33. The average Bonchev–Trinajstić information content (AvgIpc) is 3.12. The van der Waals surface area contributed by atoms with E-state index in [1.165, 1.54) is 28.6 Å². The molecule has 0 aliphatic carbocycles. The maximum absolute atomic E-state index is 14.1. The second-order valence-electron chi connectivity index (χ2n) is 5.99. The molecule has 1 heterocycles. The molecule has 0 radical (unpaired) electrons. The normalized spacial score (nSPS) is 11.3. The molecule has 0 saturated heterocycles. The number of halogens is 1. The van der Waals surface area contributed by atoms with Crippen LogP contribution in [0.25, 0.3) is 17.0 Å². The van der Waals surface area contributed by atoms with Crippen LogP contribution in [0.1, 0.15) is 16.7 Å². The third-order valence-electron chi connectivity index (χ3n) is 4.14. The molecular weight excluding hydrogens is 333 g/mol. The van der Waals surface area contributed by atoms with Crippen molar-refractivity contribution < 1.29 is 14.4 Å². The summed E-state index contributed by atoms with van der Waals surface area (Å²) >= 11 is 0. The van der Waals surface area contributed by atoms with Crippen molar-refractivity contribution in [3.63, 3.8) is 0 Å². The number of fused-ring (bicyclic) bond motifs is 1. The number of hydrogen-bond donors (Lipinski definition) is 4. The number of hydroxylamine groups is 1. The first kappa shape index (κ1) is 17.8. The molecule has 0 fully saturated rings.